The van der Waals surface area contributed by atoms with Crippen LogP contribution in [-0.2, 0) is 16.1 Å². The van der Waals surface area contributed by atoms with Gasteiger partial charge in [0.25, 0.3) is 0 Å². The van der Waals surface area contributed by atoms with Crippen LogP contribution in [-0.4, -0.2) is 48.1 Å². The number of carbonyl (C=O) groups excluding carboxylic acids is 2. The number of rotatable bonds is 7. The van der Waals surface area contributed by atoms with Gasteiger partial charge in [0.05, 0.1) is 18.8 Å². The molecule has 0 spiro atoms. The molecule has 2 aromatic rings. The number of ether oxygens (including phenoxy) is 1. The Morgan fingerprint density at radius 1 is 1.13 bits per heavy atom. The maximum atomic E-state index is 12.5. The predicted molar refractivity (Wildman–Crippen MR) is 115 cm³/mol. The molecule has 0 bridgehead atoms. The van der Waals surface area contributed by atoms with Crippen molar-refractivity contribution in [1.82, 2.24) is 10.2 Å². The average Bonchev–Trinajstić information content (AvgIpc) is 2.79. The molecule has 0 aliphatic carbocycles. The summed E-state index contributed by atoms with van der Waals surface area (Å²) < 4.78 is 5.14. The molecule has 3 rings (SSSR count). The van der Waals surface area contributed by atoms with Crippen molar-refractivity contribution in [2.75, 3.05) is 25.5 Å². The highest BCUT2D eigenvalue weighted by Crippen LogP contribution is 2.25. The average molecular weight is 412 g/mol. The number of methoxy groups -OCH3 is 1. The summed E-state index contributed by atoms with van der Waals surface area (Å²) in [7, 11) is 1.62. The van der Waals surface area contributed by atoms with E-state index in [1.165, 1.54) is 0 Å². The van der Waals surface area contributed by atoms with Crippen LogP contribution in [0.2, 0.25) is 0 Å². The number of carbonyl (C=O) groups is 2. The van der Waals surface area contributed by atoms with Crippen LogP contribution >= 0.6 is 0 Å². The molecule has 1 fully saturated rings. The number of nitrogens with one attached hydrogen (secondary N) is 2. The molecule has 0 unspecified atom stereocenters. The standard InChI is InChI=1S/C23H29N3O4/c1-16(22(28)24-15-17-7-9-19(30-2)10-8-17)26-13-11-18(12-14-26)23(29)25-20-5-3-4-6-21(20)27/h3-10,16,18,27H,11-15H2,1-2H3,(H,24,28)(H,25,29)/t16-/m0/s1. The quantitative estimate of drug-likeness (QED) is 0.610. The van der Waals surface area contributed by atoms with Gasteiger partial charge in [-0.1, -0.05) is 24.3 Å². The lowest BCUT2D eigenvalue weighted by molar-refractivity contribution is -0.127. The van der Waals surface area contributed by atoms with E-state index in [9.17, 15) is 14.7 Å². The van der Waals surface area contributed by atoms with E-state index in [0.29, 0.717) is 38.2 Å². The van der Waals surface area contributed by atoms with Crippen LogP contribution in [0.5, 0.6) is 11.5 Å². The second kappa shape index (κ2) is 10.1. The first-order valence-electron chi connectivity index (χ1n) is 10.2. The maximum absolute atomic E-state index is 12.5. The summed E-state index contributed by atoms with van der Waals surface area (Å²) in [6.07, 6.45) is 1.35. The molecule has 1 aliphatic heterocycles. The molecule has 0 saturated carbocycles. The predicted octanol–water partition coefficient (Wildman–Crippen LogP) is 2.76. The molecule has 1 atom stereocenters. The lowest BCUT2D eigenvalue weighted by atomic mass is 9.94. The van der Waals surface area contributed by atoms with Gasteiger partial charge in [-0.05, 0) is 62.7 Å². The van der Waals surface area contributed by atoms with Crippen molar-refractivity contribution >= 4 is 17.5 Å². The normalized spacial score (nSPS) is 15.9. The first-order chi connectivity index (χ1) is 14.5. The lowest BCUT2D eigenvalue weighted by Gasteiger charge is -2.34. The number of aromatic hydroxyl groups is 1. The number of nitrogens with zero attached hydrogens (tertiary/aromatic N) is 1. The van der Waals surface area contributed by atoms with Crippen LogP contribution in [0, 0.1) is 5.92 Å². The third-order valence-electron chi connectivity index (χ3n) is 5.62. The first kappa shape index (κ1) is 21.6. The highest BCUT2D eigenvalue weighted by Gasteiger charge is 2.30. The number of likely N-dealkylation sites (tertiary alicyclic amines) is 1. The largest absolute Gasteiger partial charge is 0.506 e. The van der Waals surface area contributed by atoms with E-state index in [1.54, 1.807) is 31.4 Å². The van der Waals surface area contributed by atoms with Crippen LogP contribution in [0.25, 0.3) is 0 Å². The van der Waals surface area contributed by atoms with Crippen molar-refractivity contribution in [3.63, 3.8) is 0 Å². The summed E-state index contributed by atoms with van der Waals surface area (Å²) in [6.45, 7) is 3.71. The molecule has 1 heterocycles. The Morgan fingerprint density at radius 3 is 2.43 bits per heavy atom. The zero-order chi connectivity index (χ0) is 21.5. The number of phenolic OH excluding ortho intramolecular Hbond substituents is 1. The fourth-order valence-corrected chi connectivity index (χ4v) is 3.61. The number of benzene rings is 2. The van der Waals surface area contributed by atoms with Crippen LogP contribution < -0.4 is 15.4 Å². The van der Waals surface area contributed by atoms with Crippen LogP contribution in [0.15, 0.2) is 48.5 Å². The summed E-state index contributed by atoms with van der Waals surface area (Å²) in [5.74, 6) is 0.601. The maximum Gasteiger partial charge on any atom is 0.237 e. The van der Waals surface area contributed by atoms with Crippen molar-refractivity contribution in [2.24, 2.45) is 5.92 Å². The van der Waals surface area contributed by atoms with Crippen molar-refractivity contribution in [3.8, 4) is 11.5 Å². The molecule has 7 nitrogen and oxygen atoms in total. The van der Waals surface area contributed by atoms with Crippen LogP contribution in [0.1, 0.15) is 25.3 Å². The van der Waals surface area contributed by atoms with Gasteiger partial charge < -0.3 is 20.5 Å². The Morgan fingerprint density at radius 2 is 1.80 bits per heavy atom. The van der Waals surface area contributed by atoms with E-state index in [4.69, 9.17) is 4.74 Å². The fraction of sp³-hybridized carbons (Fsp3) is 0.391. The Labute approximate surface area is 177 Å². The monoisotopic (exact) mass is 411 g/mol. The van der Waals surface area contributed by atoms with E-state index in [0.717, 1.165) is 11.3 Å². The molecule has 1 saturated heterocycles. The van der Waals surface area contributed by atoms with Gasteiger partial charge in [0.2, 0.25) is 11.8 Å². The molecule has 0 aromatic heterocycles. The van der Waals surface area contributed by atoms with Gasteiger partial charge in [-0.2, -0.15) is 0 Å². The smallest absolute Gasteiger partial charge is 0.237 e. The Kier molecular flexibility index (Phi) is 7.30. The number of anilines is 1. The fourth-order valence-electron chi connectivity index (χ4n) is 3.61. The number of piperidine rings is 1. The zero-order valence-corrected chi connectivity index (χ0v) is 17.4. The number of phenols is 1. The van der Waals surface area contributed by atoms with Gasteiger partial charge >= 0.3 is 0 Å². The minimum absolute atomic E-state index is 0.0251. The van der Waals surface area contributed by atoms with E-state index in [-0.39, 0.29) is 29.5 Å². The van der Waals surface area contributed by atoms with Crippen molar-refractivity contribution in [1.29, 1.82) is 0 Å². The first-order valence-corrected chi connectivity index (χ1v) is 10.2. The molecular formula is C23H29N3O4. The molecule has 7 heteroatoms. The van der Waals surface area contributed by atoms with Crippen molar-refractivity contribution in [2.45, 2.75) is 32.4 Å². The van der Waals surface area contributed by atoms with E-state index in [1.807, 2.05) is 31.2 Å². The van der Waals surface area contributed by atoms with Crippen LogP contribution in [0.3, 0.4) is 0 Å². The van der Waals surface area contributed by atoms with Gasteiger partial charge in [-0.3, -0.25) is 14.5 Å². The van der Waals surface area contributed by atoms with E-state index < -0.39 is 0 Å². The lowest BCUT2D eigenvalue weighted by Crippen LogP contribution is -2.49. The summed E-state index contributed by atoms with van der Waals surface area (Å²) in [4.78, 5) is 27.2. The number of hydrogen-bond acceptors (Lipinski definition) is 5. The number of hydrogen-bond donors (Lipinski definition) is 3. The van der Waals surface area contributed by atoms with Gasteiger partial charge in [-0.25, -0.2) is 0 Å². The topological polar surface area (TPSA) is 90.9 Å². The summed E-state index contributed by atoms with van der Waals surface area (Å²) in [6, 6.07) is 14.0. The Hall–Kier alpha value is -3.06. The SMILES string of the molecule is COc1ccc(CNC(=O)[C@H](C)N2CCC(C(=O)Nc3ccccc3O)CC2)cc1. The molecule has 30 heavy (non-hydrogen) atoms. The Bertz CT molecular complexity index is 861. The third kappa shape index (κ3) is 5.51. The molecule has 160 valence electrons. The summed E-state index contributed by atoms with van der Waals surface area (Å²) in [5.41, 5.74) is 1.44. The highest BCUT2D eigenvalue weighted by atomic mass is 16.5. The third-order valence-corrected chi connectivity index (χ3v) is 5.62. The molecule has 0 radical (unpaired) electrons. The van der Waals surface area contributed by atoms with Gasteiger partial charge in [0.15, 0.2) is 0 Å². The highest BCUT2D eigenvalue weighted by molar-refractivity contribution is 5.94. The summed E-state index contributed by atoms with van der Waals surface area (Å²) in [5, 5.41) is 15.6. The van der Waals surface area contributed by atoms with Gasteiger partial charge in [0, 0.05) is 12.5 Å². The summed E-state index contributed by atoms with van der Waals surface area (Å²) >= 11 is 0. The number of para-hydroxylation sites is 2. The Balaban J connectivity index is 1.44. The molecule has 2 aromatic carbocycles. The molecule has 3 N–H and O–H groups in total. The van der Waals surface area contributed by atoms with E-state index in [2.05, 4.69) is 15.5 Å². The second-order valence-corrected chi connectivity index (χ2v) is 7.56. The minimum Gasteiger partial charge on any atom is -0.506 e. The minimum atomic E-state index is -0.259. The van der Waals surface area contributed by atoms with E-state index >= 15 is 0 Å². The van der Waals surface area contributed by atoms with Gasteiger partial charge in [0.1, 0.15) is 11.5 Å². The van der Waals surface area contributed by atoms with Crippen molar-refractivity contribution < 1.29 is 19.4 Å². The number of amides is 2. The molecular weight excluding hydrogens is 382 g/mol. The van der Waals surface area contributed by atoms with Crippen molar-refractivity contribution in [3.05, 3.63) is 54.1 Å². The molecule has 2 amide bonds. The van der Waals surface area contributed by atoms with Gasteiger partial charge in [-0.15, -0.1) is 0 Å². The molecule has 1 aliphatic rings. The second-order valence-electron chi connectivity index (χ2n) is 7.56. The zero-order valence-electron chi connectivity index (χ0n) is 17.4. The van der Waals surface area contributed by atoms with Crippen LogP contribution in [0.4, 0.5) is 5.69 Å².